The van der Waals surface area contributed by atoms with E-state index in [9.17, 15) is 14.4 Å². The first-order valence-electron chi connectivity index (χ1n) is 8.73. The highest BCUT2D eigenvalue weighted by molar-refractivity contribution is 7.16. The zero-order chi connectivity index (χ0) is 18.7. The summed E-state index contributed by atoms with van der Waals surface area (Å²) in [5, 5.41) is 13.1. The van der Waals surface area contributed by atoms with Gasteiger partial charge in [0, 0.05) is 11.4 Å². The van der Waals surface area contributed by atoms with Crippen LogP contribution >= 0.6 is 11.3 Å². The number of thiophene rings is 1. The van der Waals surface area contributed by atoms with E-state index in [-0.39, 0.29) is 18.3 Å². The van der Waals surface area contributed by atoms with Crippen molar-refractivity contribution in [3.05, 3.63) is 51.7 Å². The fourth-order valence-electron chi connectivity index (χ4n) is 3.33. The molecule has 4 nitrogen and oxygen atoms in total. The van der Waals surface area contributed by atoms with Crippen LogP contribution in [0.15, 0.2) is 24.3 Å². The maximum absolute atomic E-state index is 13.0. The molecule has 1 aromatic carbocycles. The number of benzene rings is 1. The number of halogens is 1. The number of hydrogen-bond donors (Lipinski definition) is 1. The zero-order valence-electron chi connectivity index (χ0n) is 15.0. The van der Waals surface area contributed by atoms with Crippen molar-refractivity contribution in [2.24, 2.45) is 5.92 Å². The molecule has 0 radical (unpaired) electrons. The fourth-order valence-corrected chi connectivity index (χ4v) is 4.70. The molecule has 0 spiro atoms. The summed E-state index contributed by atoms with van der Waals surface area (Å²) in [6, 6.07) is 8.53. The molecular weight excluding hydrogens is 349 g/mol. The summed E-state index contributed by atoms with van der Waals surface area (Å²) in [6.45, 7) is 2.98. The molecule has 1 amide bonds. The van der Waals surface area contributed by atoms with Crippen LogP contribution in [0.1, 0.15) is 34.9 Å². The number of amides is 1. The molecule has 1 heterocycles. The lowest BCUT2D eigenvalue weighted by molar-refractivity contribution is -0.117. The van der Waals surface area contributed by atoms with Gasteiger partial charge in [-0.25, -0.2) is 4.39 Å². The van der Waals surface area contributed by atoms with E-state index in [1.54, 1.807) is 12.1 Å². The van der Waals surface area contributed by atoms with Crippen LogP contribution in [0.2, 0.25) is 0 Å². The maximum Gasteiger partial charge on any atom is 0.239 e. The van der Waals surface area contributed by atoms with Crippen molar-refractivity contribution < 1.29 is 9.18 Å². The number of rotatable bonds is 5. The van der Waals surface area contributed by atoms with Crippen LogP contribution in [0.3, 0.4) is 0 Å². The summed E-state index contributed by atoms with van der Waals surface area (Å²) in [5.41, 5.74) is 2.69. The van der Waals surface area contributed by atoms with Crippen LogP contribution in [0.4, 0.5) is 9.39 Å². The Morgan fingerprint density at radius 3 is 2.85 bits per heavy atom. The standard InChI is InChI=1S/C20H22FN3OS/c1-13-3-8-16-17(10-22)20(26-18(16)9-13)23-19(25)12-24(2)11-14-4-6-15(21)7-5-14/h4-7,13H,3,8-9,11-12H2,1-2H3,(H,23,25). The summed E-state index contributed by atoms with van der Waals surface area (Å²) in [6.07, 6.45) is 2.98. The lowest BCUT2D eigenvalue weighted by Gasteiger charge is -2.17. The summed E-state index contributed by atoms with van der Waals surface area (Å²) < 4.78 is 13.0. The van der Waals surface area contributed by atoms with Gasteiger partial charge >= 0.3 is 0 Å². The minimum atomic E-state index is -0.269. The largest absolute Gasteiger partial charge is 0.315 e. The topological polar surface area (TPSA) is 56.1 Å². The Morgan fingerprint density at radius 2 is 2.15 bits per heavy atom. The highest BCUT2D eigenvalue weighted by Gasteiger charge is 2.24. The van der Waals surface area contributed by atoms with Crippen molar-refractivity contribution >= 4 is 22.2 Å². The third kappa shape index (κ3) is 4.29. The molecule has 1 aliphatic carbocycles. The number of nitrogens with one attached hydrogen (secondary N) is 1. The molecule has 1 atom stereocenters. The third-order valence-electron chi connectivity index (χ3n) is 4.66. The highest BCUT2D eigenvalue weighted by atomic mass is 32.1. The van der Waals surface area contributed by atoms with Crippen molar-refractivity contribution in [1.82, 2.24) is 4.90 Å². The van der Waals surface area contributed by atoms with Crippen molar-refractivity contribution in [2.45, 2.75) is 32.7 Å². The quantitative estimate of drug-likeness (QED) is 0.866. The van der Waals surface area contributed by atoms with Gasteiger partial charge in [0.1, 0.15) is 16.9 Å². The molecule has 6 heteroatoms. The van der Waals surface area contributed by atoms with E-state index >= 15 is 0 Å². The number of likely N-dealkylation sites (N-methyl/N-ethyl adjacent to an activating group) is 1. The maximum atomic E-state index is 13.0. The lowest BCUT2D eigenvalue weighted by Crippen LogP contribution is -2.29. The SMILES string of the molecule is CC1CCc2c(sc(NC(=O)CN(C)Cc3ccc(F)cc3)c2C#N)C1. The molecule has 0 aliphatic heterocycles. The Kier molecular flexibility index (Phi) is 5.70. The van der Waals surface area contributed by atoms with Crippen LogP contribution < -0.4 is 5.32 Å². The van der Waals surface area contributed by atoms with Gasteiger partial charge in [-0.15, -0.1) is 11.3 Å². The average Bonchev–Trinajstić information content (AvgIpc) is 2.92. The number of anilines is 1. The smallest absolute Gasteiger partial charge is 0.239 e. The van der Waals surface area contributed by atoms with E-state index in [1.807, 2.05) is 11.9 Å². The minimum Gasteiger partial charge on any atom is -0.315 e. The fraction of sp³-hybridized carbons (Fsp3) is 0.400. The second-order valence-electron chi connectivity index (χ2n) is 7.01. The Morgan fingerprint density at radius 1 is 1.42 bits per heavy atom. The minimum absolute atomic E-state index is 0.141. The van der Waals surface area contributed by atoms with Gasteiger partial charge in [-0.1, -0.05) is 19.1 Å². The first-order chi connectivity index (χ1) is 12.5. The number of nitriles is 1. The summed E-state index contributed by atoms with van der Waals surface area (Å²) in [5.74, 6) is 0.213. The lowest BCUT2D eigenvalue weighted by atomic mass is 9.89. The molecule has 136 valence electrons. The molecule has 0 saturated carbocycles. The molecule has 1 N–H and O–H groups in total. The van der Waals surface area contributed by atoms with Gasteiger partial charge in [0.2, 0.25) is 5.91 Å². The van der Waals surface area contributed by atoms with Crippen molar-refractivity contribution in [2.75, 3.05) is 18.9 Å². The Bertz CT molecular complexity index is 838. The van der Waals surface area contributed by atoms with E-state index in [0.29, 0.717) is 23.0 Å². The summed E-state index contributed by atoms with van der Waals surface area (Å²) >= 11 is 1.54. The predicted molar refractivity (Wildman–Crippen MR) is 102 cm³/mol. The summed E-state index contributed by atoms with van der Waals surface area (Å²) in [4.78, 5) is 15.5. The predicted octanol–water partition coefficient (Wildman–Crippen LogP) is 3.95. The average molecular weight is 371 g/mol. The molecule has 2 aromatic rings. The molecule has 0 saturated heterocycles. The van der Waals surface area contributed by atoms with Crippen LogP contribution in [0, 0.1) is 23.1 Å². The van der Waals surface area contributed by atoms with Gasteiger partial charge in [0.05, 0.1) is 12.1 Å². The van der Waals surface area contributed by atoms with Crippen LogP contribution in [0.5, 0.6) is 0 Å². The van der Waals surface area contributed by atoms with Gasteiger partial charge in [0.15, 0.2) is 0 Å². The van der Waals surface area contributed by atoms with Gasteiger partial charge in [-0.2, -0.15) is 5.26 Å². The van der Waals surface area contributed by atoms with Crippen LogP contribution in [0.25, 0.3) is 0 Å². The summed E-state index contributed by atoms with van der Waals surface area (Å²) in [7, 11) is 1.84. The molecule has 26 heavy (non-hydrogen) atoms. The monoisotopic (exact) mass is 371 g/mol. The first kappa shape index (κ1) is 18.6. The van der Waals surface area contributed by atoms with E-state index in [4.69, 9.17) is 0 Å². The van der Waals surface area contributed by atoms with Crippen molar-refractivity contribution in [3.63, 3.8) is 0 Å². The molecule has 1 unspecified atom stereocenters. The normalized spacial score (nSPS) is 16.2. The molecule has 0 fully saturated rings. The number of nitrogens with zero attached hydrogens (tertiary/aromatic N) is 2. The van der Waals surface area contributed by atoms with Gasteiger partial charge in [-0.3, -0.25) is 9.69 Å². The zero-order valence-corrected chi connectivity index (χ0v) is 15.8. The van der Waals surface area contributed by atoms with Gasteiger partial charge < -0.3 is 5.32 Å². The van der Waals surface area contributed by atoms with E-state index in [0.717, 1.165) is 30.4 Å². The second-order valence-corrected chi connectivity index (χ2v) is 8.12. The van der Waals surface area contributed by atoms with E-state index in [2.05, 4.69) is 18.3 Å². The number of hydrogen-bond acceptors (Lipinski definition) is 4. The Labute approximate surface area is 157 Å². The van der Waals surface area contributed by atoms with Crippen LogP contribution in [-0.2, 0) is 24.2 Å². The van der Waals surface area contributed by atoms with E-state index in [1.165, 1.54) is 28.3 Å². The van der Waals surface area contributed by atoms with Gasteiger partial charge in [-0.05, 0) is 55.5 Å². The number of fused-ring (bicyclic) bond motifs is 1. The second kappa shape index (κ2) is 7.98. The van der Waals surface area contributed by atoms with Crippen molar-refractivity contribution in [3.8, 4) is 6.07 Å². The Hall–Kier alpha value is -2.23. The third-order valence-corrected chi connectivity index (χ3v) is 5.83. The molecule has 3 rings (SSSR count). The molecule has 1 aromatic heterocycles. The number of carbonyl (C=O) groups excluding carboxylic acids is 1. The molecule has 1 aliphatic rings. The highest BCUT2D eigenvalue weighted by Crippen LogP contribution is 2.39. The van der Waals surface area contributed by atoms with Gasteiger partial charge in [0.25, 0.3) is 0 Å². The first-order valence-corrected chi connectivity index (χ1v) is 9.55. The number of carbonyl (C=O) groups is 1. The molecule has 0 bridgehead atoms. The van der Waals surface area contributed by atoms with Crippen LogP contribution in [-0.4, -0.2) is 24.4 Å². The van der Waals surface area contributed by atoms with Crippen molar-refractivity contribution in [1.29, 1.82) is 5.26 Å². The van der Waals surface area contributed by atoms with E-state index < -0.39 is 0 Å². The molecular formula is C20H22FN3OS. The Balaban J connectivity index is 1.63.